The Bertz CT molecular complexity index is 537. The summed E-state index contributed by atoms with van der Waals surface area (Å²) in [5, 5.41) is 8.65. The van der Waals surface area contributed by atoms with E-state index in [0.29, 0.717) is 10.5 Å². The van der Waals surface area contributed by atoms with Crippen molar-refractivity contribution in [3.8, 4) is 6.07 Å². The van der Waals surface area contributed by atoms with E-state index in [-0.39, 0.29) is 11.7 Å². The molecule has 5 nitrogen and oxygen atoms in total. The normalized spacial score (nSPS) is 11.3. The van der Waals surface area contributed by atoms with Gasteiger partial charge in [0.2, 0.25) is 5.91 Å². The lowest BCUT2D eigenvalue weighted by atomic mass is 10.2. The summed E-state index contributed by atoms with van der Waals surface area (Å²) in [6.07, 6.45) is -0.802. The number of thioether (sulfide) groups is 1. The van der Waals surface area contributed by atoms with Crippen LogP contribution >= 0.6 is 11.8 Å². The molecule has 0 fully saturated rings. The number of carbonyl (C=O) groups excluding carboxylic acids is 2. The number of hydrogen-bond acceptors (Lipinski definition) is 5. The van der Waals surface area contributed by atoms with Crippen molar-refractivity contribution in [1.29, 1.82) is 5.26 Å². The highest BCUT2D eigenvalue weighted by Gasteiger charge is 2.16. The summed E-state index contributed by atoms with van der Waals surface area (Å²) in [6, 6.07) is 8.71. The summed E-state index contributed by atoms with van der Waals surface area (Å²) in [6.45, 7) is 1.50. The first-order chi connectivity index (χ1) is 9.45. The maximum atomic E-state index is 11.9. The highest BCUT2D eigenvalue weighted by molar-refractivity contribution is 8.00. The number of esters is 1. The predicted molar refractivity (Wildman–Crippen MR) is 76.4 cm³/mol. The SMILES string of the molecule is C[C@@H](C#N)OC(=O)c1ccccc1SCC(=O)N(C)C. The van der Waals surface area contributed by atoms with Gasteiger partial charge in [-0.1, -0.05) is 12.1 Å². The second-order valence-electron chi connectivity index (χ2n) is 4.25. The van der Waals surface area contributed by atoms with Crippen LogP contribution in [0.2, 0.25) is 0 Å². The molecule has 1 rings (SSSR count). The molecule has 6 heteroatoms. The number of carbonyl (C=O) groups is 2. The Hall–Kier alpha value is -2.00. The van der Waals surface area contributed by atoms with Gasteiger partial charge in [-0.2, -0.15) is 5.26 Å². The molecule has 0 saturated carbocycles. The molecular formula is C14H16N2O3S. The third kappa shape index (κ3) is 4.59. The number of rotatable bonds is 5. The molecule has 0 aliphatic heterocycles. The molecule has 0 N–H and O–H groups in total. The van der Waals surface area contributed by atoms with E-state index in [1.165, 1.54) is 23.6 Å². The lowest BCUT2D eigenvalue weighted by molar-refractivity contribution is -0.125. The number of benzene rings is 1. The van der Waals surface area contributed by atoms with Crippen molar-refractivity contribution in [3.05, 3.63) is 29.8 Å². The largest absolute Gasteiger partial charge is 0.444 e. The lowest BCUT2D eigenvalue weighted by Crippen LogP contribution is -2.23. The fourth-order valence-electron chi connectivity index (χ4n) is 1.28. The third-order valence-corrected chi connectivity index (χ3v) is 3.48. The van der Waals surface area contributed by atoms with Crippen LogP contribution in [-0.4, -0.2) is 42.7 Å². The van der Waals surface area contributed by atoms with Crippen LogP contribution in [0.5, 0.6) is 0 Å². The summed E-state index contributed by atoms with van der Waals surface area (Å²) in [5.74, 6) is -0.353. The zero-order chi connectivity index (χ0) is 15.1. The van der Waals surface area contributed by atoms with E-state index in [2.05, 4.69) is 0 Å². The average Bonchev–Trinajstić information content (AvgIpc) is 2.44. The molecule has 0 heterocycles. The monoisotopic (exact) mass is 292 g/mol. The highest BCUT2D eigenvalue weighted by Crippen LogP contribution is 2.23. The molecule has 1 aromatic rings. The Morgan fingerprint density at radius 3 is 2.65 bits per heavy atom. The molecule has 0 radical (unpaired) electrons. The van der Waals surface area contributed by atoms with Gasteiger partial charge in [0.05, 0.1) is 11.3 Å². The van der Waals surface area contributed by atoms with Crippen LogP contribution in [0.25, 0.3) is 0 Å². The van der Waals surface area contributed by atoms with E-state index < -0.39 is 12.1 Å². The van der Waals surface area contributed by atoms with Crippen LogP contribution in [0.15, 0.2) is 29.2 Å². The molecule has 0 aliphatic rings. The van der Waals surface area contributed by atoms with Crippen molar-refractivity contribution in [1.82, 2.24) is 4.90 Å². The Morgan fingerprint density at radius 2 is 2.05 bits per heavy atom. The van der Waals surface area contributed by atoms with Gasteiger partial charge >= 0.3 is 5.97 Å². The fourth-order valence-corrected chi connectivity index (χ4v) is 2.30. The van der Waals surface area contributed by atoms with E-state index in [1.54, 1.807) is 38.4 Å². The average molecular weight is 292 g/mol. The van der Waals surface area contributed by atoms with Crippen molar-refractivity contribution in [2.75, 3.05) is 19.8 Å². The Balaban J connectivity index is 2.81. The summed E-state index contributed by atoms with van der Waals surface area (Å²) in [7, 11) is 3.36. The molecule has 0 spiro atoms. The molecule has 0 saturated heterocycles. The standard InChI is InChI=1S/C14H16N2O3S/c1-10(8-15)19-14(18)11-6-4-5-7-12(11)20-9-13(17)16(2)3/h4-7,10H,9H2,1-3H3/t10-/m0/s1. The minimum absolute atomic E-state index is 0.0384. The molecule has 0 aromatic heterocycles. The molecule has 0 aliphatic carbocycles. The van der Waals surface area contributed by atoms with Crippen LogP contribution in [0.4, 0.5) is 0 Å². The highest BCUT2D eigenvalue weighted by atomic mass is 32.2. The number of ether oxygens (including phenoxy) is 1. The molecule has 1 atom stereocenters. The number of amides is 1. The van der Waals surface area contributed by atoms with Gasteiger partial charge in [-0.25, -0.2) is 4.79 Å². The maximum Gasteiger partial charge on any atom is 0.340 e. The second kappa shape index (κ2) is 7.56. The fraction of sp³-hybridized carbons (Fsp3) is 0.357. The number of nitrogens with zero attached hydrogens (tertiary/aromatic N) is 2. The lowest BCUT2D eigenvalue weighted by Gasteiger charge is -2.12. The van der Waals surface area contributed by atoms with E-state index in [9.17, 15) is 9.59 Å². The van der Waals surface area contributed by atoms with Crippen LogP contribution < -0.4 is 0 Å². The summed E-state index contributed by atoms with van der Waals surface area (Å²) < 4.78 is 4.97. The van der Waals surface area contributed by atoms with E-state index in [1.807, 2.05) is 6.07 Å². The van der Waals surface area contributed by atoms with Crippen molar-refractivity contribution in [3.63, 3.8) is 0 Å². The summed E-state index contributed by atoms with van der Waals surface area (Å²) in [4.78, 5) is 25.7. The first kappa shape index (κ1) is 16.1. The zero-order valence-electron chi connectivity index (χ0n) is 11.6. The van der Waals surface area contributed by atoms with Gasteiger partial charge in [-0.15, -0.1) is 11.8 Å². The van der Waals surface area contributed by atoms with Gasteiger partial charge < -0.3 is 9.64 Å². The van der Waals surface area contributed by atoms with Crippen molar-refractivity contribution < 1.29 is 14.3 Å². The number of nitriles is 1. The smallest absolute Gasteiger partial charge is 0.340 e. The van der Waals surface area contributed by atoms with Gasteiger partial charge in [0.15, 0.2) is 6.10 Å². The van der Waals surface area contributed by atoms with Gasteiger partial charge in [-0.3, -0.25) is 4.79 Å². The summed E-state index contributed by atoms with van der Waals surface area (Å²) in [5.41, 5.74) is 0.367. The summed E-state index contributed by atoms with van der Waals surface area (Å²) >= 11 is 1.27. The van der Waals surface area contributed by atoms with Crippen LogP contribution in [-0.2, 0) is 9.53 Å². The zero-order valence-corrected chi connectivity index (χ0v) is 12.4. The molecule has 106 valence electrons. The first-order valence-corrected chi connectivity index (χ1v) is 6.97. The predicted octanol–water partition coefficient (Wildman–Crippen LogP) is 1.94. The molecule has 20 heavy (non-hydrogen) atoms. The van der Waals surface area contributed by atoms with E-state index >= 15 is 0 Å². The minimum Gasteiger partial charge on any atom is -0.444 e. The Kier molecular flexibility index (Phi) is 6.07. The second-order valence-corrected chi connectivity index (χ2v) is 5.27. The van der Waals surface area contributed by atoms with Gasteiger partial charge in [-0.05, 0) is 19.1 Å². The molecule has 0 bridgehead atoms. The van der Waals surface area contributed by atoms with Crippen LogP contribution in [0, 0.1) is 11.3 Å². The van der Waals surface area contributed by atoms with Gasteiger partial charge in [0.25, 0.3) is 0 Å². The van der Waals surface area contributed by atoms with Gasteiger partial charge in [0.1, 0.15) is 6.07 Å². The van der Waals surface area contributed by atoms with Crippen LogP contribution in [0.3, 0.4) is 0 Å². The maximum absolute atomic E-state index is 11.9. The van der Waals surface area contributed by atoms with E-state index in [0.717, 1.165) is 0 Å². The van der Waals surface area contributed by atoms with Crippen molar-refractivity contribution in [2.24, 2.45) is 0 Å². The van der Waals surface area contributed by atoms with Crippen LogP contribution in [0.1, 0.15) is 17.3 Å². The molecular weight excluding hydrogens is 276 g/mol. The Labute approximate surface area is 122 Å². The Morgan fingerprint density at radius 1 is 1.40 bits per heavy atom. The third-order valence-electron chi connectivity index (χ3n) is 2.42. The van der Waals surface area contributed by atoms with E-state index in [4.69, 9.17) is 10.00 Å². The minimum atomic E-state index is -0.802. The van der Waals surface area contributed by atoms with Crippen molar-refractivity contribution >= 4 is 23.6 Å². The molecule has 0 unspecified atom stereocenters. The quantitative estimate of drug-likeness (QED) is 0.612. The van der Waals surface area contributed by atoms with Gasteiger partial charge in [0, 0.05) is 19.0 Å². The molecule has 1 amide bonds. The van der Waals surface area contributed by atoms with Crippen molar-refractivity contribution in [2.45, 2.75) is 17.9 Å². The number of hydrogen-bond donors (Lipinski definition) is 0. The molecule has 1 aromatic carbocycles. The first-order valence-electron chi connectivity index (χ1n) is 5.98. The topological polar surface area (TPSA) is 70.4 Å².